The Kier molecular flexibility index (Phi) is 8.77. The van der Waals surface area contributed by atoms with E-state index in [1.807, 2.05) is 0 Å². The number of sulfonamides is 1. The molecule has 4 bridgehead atoms. The molecule has 0 saturated carbocycles. The molecule has 4 rings (SSSR count). The molecule has 2 aromatic heterocycles. The van der Waals surface area contributed by atoms with Crippen molar-refractivity contribution in [1.29, 1.82) is 0 Å². The van der Waals surface area contributed by atoms with Gasteiger partial charge in [-0.3, -0.25) is 4.79 Å². The van der Waals surface area contributed by atoms with Crippen molar-refractivity contribution in [3.63, 3.8) is 0 Å². The van der Waals surface area contributed by atoms with Gasteiger partial charge in [-0.1, -0.05) is 32.9 Å². The van der Waals surface area contributed by atoms with Gasteiger partial charge in [-0.2, -0.15) is 8.42 Å². The fraction of sp³-hybridized carbons (Fsp3) is 0.533. The molecule has 2 aliphatic rings. The number of hydrogen-bond donors (Lipinski definition) is 2. The lowest BCUT2D eigenvalue weighted by atomic mass is 9.90. The van der Waals surface area contributed by atoms with Crippen molar-refractivity contribution in [2.45, 2.75) is 89.2 Å². The summed E-state index contributed by atoms with van der Waals surface area (Å²) >= 11 is 0. The summed E-state index contributed by atoms with van der Waals surface area (Å²) in [5, 5.41) is 3.08. The first-order chi connectivity index (χ1) is 19.2. The third-order valence-corrected chi connectivity index (χ3v) is 8.80. The van der Waals surface area contributed by atoms with E-state index in [1.165, 1.54) is 12.1 Å². The summed E-state index contributed by atoms with van der Waals surface area (Å²) in [5.41, 5.74) is 0.452. The number of esters is 1. The smallest absolute Gasteiger partial charge is 0.330 e. The third kappa shape index (κ3) is 7.25. The van der Waals surface area contributed by atoms with Crippen molar-refractivity contribution in [2.75, 3.05) is 23.4 Å². The van der Waals surface area contributed by atoms with Crippen LogP contribution >= 0.6 is 0 Å². The van der Waals surface area contributed by atoms with Crippen molar-refractivity contribution in [2.24, 2.45) is 5.92 Å². The normalized spacial score (nSPS) is 22.2. The predicted molar refractivity (Wildman–Crippen MR) is 158 cm³/mol. The molecule has 41 heavy (non-hydrogen) atoms. The maximum absolute atomic E-state index is 13.5. The van der Waals surface area contributed by atoms with E-state index in [1.54, 1.807) is 37.3 Å². The minimum atomic E-state index is -4.28. The number of nitrogens with zero attached hydrogens (tertiary/aromatic N) is 3. The van der Waals surface area contributed by atoms with Crippen LogP contribution < -0.4 is 14.9 Å². The molecule has 2 aliphatic heterocycles. The zero-order valence-electron chi connectivity index (χ0n) is 24.7. The van der Waals surface area contributed by atoms with Gasteiger partial charge in [0.1, 0.15) is 11.6 Å². The highest BCUT2D eigenvalue weighted by atomic mass is 32.2. The summed E-state index contributed by atoms with van der Waals surface area (Å²) in [6, 6.07) is 7.98. The largest absolute Gasteiger partial charge is 0.463 e. The van der Waals surface area contributed by atoms with Crippen molar-refractivity contribution in [3.05, 3.63) is 53.7 Å². The summed E-state index contributed by atoms with van der Waals surface area (Å²) in [6.07, 6.45) is 6.23. The predicted octanol–water partition coefficient (Wildman–Crippen LogP) is 4.58. The van der Waals surface area contributed by atoms with Crippen molar-refractivity contribution < 1.29 is 22.7 Å². The van der Waals surface area contributed by atoms with Crippen LogP contribution in [0.3, 0.4) is 0 Å². The van der Waals surface area contributed by atoms with E-state index < -0.39 is 21.9 Å². The van der Waals surface area contributed by atoms with Crippen molar-refractivity contribution >= 4 is 33.5 Å². The minimum absolute atomic E-state index is 0.110. The first-order valence-corrected chi connectivity index (χ1v) is 15.6. The molecule has 4 heterocycles. The molecule has 0 aliphatic carbocycles. The second-order valence-electron chi connectivity index (χ2n) is 12.4. The Morgan fingerprint density at radius 3 is 2.63 bits per heavy atom. The zero-order valence-corrected chi connectivity index (χ0v) is 25.5. The second-order valence-corrected chi connectivity index (χ2v) is 14.0. The van der Waals surface area contributed by atoms with Gasteiger partial charge in [0, 0.05) is 35.3 Å². The van der Waals surface area contributed by atoms with Gasteiger partial charge in [0.2, 0.25) is 0 Å². The molecule has 1 unspecified atom stereocenters. The maximum Gasteiger partial charge on any atom is 0.330 e. The summed E-state index contributed by atoms with van der Waals surface area (Å²) in [7, 11) is -4.28. The maximum atomic E-state index is 13.5. The number of amides is 1. The number of rotatable bonds is 4. The molecular formula is C30H41N5O5S. The first kappa shape index (κ1) is 30.5. The molecule has 2 atom stereocenters. The van der Waals surface area contributed by atoms with E-state index in [0.717, 1.165) is 25.0 Å². The number of carbonyl (C=O) groups is 2. The van der Waals surface area contributed by atoms with Crippen LogP contribution in [0.25, 0.3) is 0 Å². The Labute approximate surface area is 243 Å². The van der Waals surface area contributed by atoms with E-state index in [-0.39, 0.29) is 27.6 Å². The van der Waals surface area contributed by atoms with Crippen LogP contribution in [0.4, 0.5) is 11.6 Å². The van der Waals surface area contributed by atoms with Crippen LogP contribution in [-0.4, -0.2) is 55.0 Å². The summed E-state index contributed by atoms with van der Waals surface area (Å²) in [6.45, 7) is 13.2. The van der Waals surface area contributed by atoms with E-state index in [2.05, 4.69) is 54.5 Å². The summed E-state index contributed by atoms with van der Waals surface area (Å²) < 4.78 is 33.8. The summed E-state index contributed by atoms with van der Waals surface area (Å²) in [5.74, 6) is 0.0218. The molecular weight excluding hydrogens is 542 g/mol. The number of ether oxygens (including phenoxy) is 1. The number of carbonyl (C=O) groups excluding carboxylic acids is 2. The lowest BCUT2D eigenvalue weighted by Gasteiger charge is -2.34. The molecule has 11 heteroatoms. The average Bonchev–Trinajstić information content (AvgIpc) is 3.19. The van der Waals surface area contributed by atoms with E-state index >= 15 is 0 Å². The highest BCUT2D eigenvalue weighted by Gasteiger charge is 2.41. The number of aromatic nitrogens is 2. The van der Waals surface area contributed by atoms with Gasteiger partial charge in [0.25, 0.3) is 15.9 Å². The number of nitrogens with one attached hydrogen (secondary N) is 2. The molecule has 1 fully saturated rings. The van der Waals surface area contributed by atoms with Crippen molar-refractivity contribution in [1.82, 2.24) is 14.7 Å². The fourth-order valence-electron chi connectivity index (χ4n) is 5.49. The molecule has 222 valence electrons. The van der Waals surface area contributed by atoms with Gasteiger partial charge < -0.3 is 15.0 Å². The molecule has 1 saturated heterocycles. The Morgan fingerprint density at radius 2 is 1.93 bits per heavy atom. The number of pyridine rings is 2. The Bertz CT molecular complexity index is 1430. The van der Waals surface area contributed by atoms with E-state index in [0.29, 0.717) is 37.1 Å². The number of anilines is 2. The van der Waals surface area contributed by atoms with E-state index in [9.17, 15) is 18.0 Å². The minimum Gasteiger partial charge on any atom is -0.463 e. The van der Waals surface area contributed by atoms with Gasteiger partial charge in [0.05, 0.1) is 12.2 Å². The Morgan fingerprint density at radius 1 is 1.17 bits per heavy atom. The van der Waals surface area contributed by atoms with E-state index in [4.69, 9.17) is 9.72 Å². The zero-order chi connectivity index (χ0) is 30.0. The van der Waals surface area contributed by atoms with Crippen LogP contribution in [-0.2, 0) is 25.0 Å². The average molecular weight is 584 g/mol. The molecule has 0 radical (unpaired) electrons. The molecule has 2 aromatic rings. The van der Waals surface area contributed by atoms with Crippen LogP contribution in [0.15, 0.2) is 47.5 Å². The van der Waals surface area contributed by atoms with Crippen LogP contribution in [0, 0.1) is 5.92 Å². The highest BCUT2D eigenvalue weighted by Crippen LogP contribution is 2.40. The number of fused-ring (bicyclic) bond motifs is 6. The monoisotopic (exact) mass is 583 g/mol. The van der Waals surface area contributed by atoms with Crippen LogP contribution in [0.5, 0.6) is 0 Å². The molecule has 0 spiro atoms. The topological polar surface area (TPSA) is 131 Å². The molecule has 10 nitrogen and oxygen atoms in total. The van der Waals surface area contributed by atoms with Gasteiger partial charge in [-0.05, 0) is 76.6 Å². The molecule has 1 amide bonds. The second kappa shape index (κ2) is 11.8. The fourth-order valence-corrected chi connectivity index (χ4v) is 6.43. The first-order valence-electron chi connectivity index (χ1n) is 14.1. The molecule has 0 aromatic carbocycles. The Balaban J connectivity index is 1.76. The van der Waals surface area contributed by atoms with Gasteiger partial charge in [0.15, 0.2) is 5.03 Å². The van der Waals surface area contributed by atoms with Crippen molar-refractivity contribution in [3.8, 4) is 0 Å². The summed E-state index contributed by atoms with van der Waals surface area (Å²) in [4.78, 5) is 36.8. The van der Waals surface area contributed by atoms with Crippen LogP contribution in [0.2, 0.25) is 0 Å². The third-order valence-electron chi connectivity index (χ3n) is 7.57. The van der Waals surface area contributed by atoms with Gasteiger partial charge in [-0.15, -0.1) is 0 Å². The quantitative estimate of drug-likeness (QED) is 0.392. The SMILES string of the molecule is CCOC(=O)/C=C/CC1CC[C@@H]2CN(c3nc(C(C)(C)C)ccc3C(=O)NS(=O)(=O)c3cccc(n3)N1)C(C)(C)C2. The van der Waals surface area contributed by atoms with Crippen LogP contribution in [0.1, 0.15) is 83.3 Å². The number of hydrogen-bond acceptors (Lipinski definition) is 9. The lowest BCUT2D eigenvalue weighted by molar-refractivity contribution is -0.137. The van der Waals surface area contributed by atoms with Gasteiger partial charge in [-0.25, -0.2) is 19.5 Å². The highest BCUT2D eigenvalue weighted by molar-refractivity contribution is 7.90. The van der Waals surface area contributed by atoms with Gasteiger partial charge >= 0.3 is 5.97 Å². The lowest BCUT2D eigenvalue weighted by Crippen LogP contribution is -2.41. The molecule has 2 N–H and O–H groups in total. The Hall–Kier alpha value is -3.47. The standard InChI is InChI=1S/C30H41N5O5S/c1-7-40-26(36)13-8-10-21-15-14-20-18-30(5,6)35(19-20)27-22(16-17-23(32-27)29(2,3)4)28(37)34-41(38,39)25-12-9-11-24(31-21)33-25/h8-9,11-13,16-17,20-21H,7,10,14-15,18-19H2,1-6H3,(H,31,33)(H,34,37)/b13-8+/t20-,21?/m0/s1.